The summed E-state index contributed by atoms with van der Waals surface area (Å²) in [6, 6.07) is 15.3. The molecule has 0 heterocycles. The molecule has 20 heavy (non-hydrogen) atoms. The molecule has 0 saturated carbocycles. The van der Waals surface area contributed by atoms with Crippen LogP contribution in [-0.4, -0.2) is 6.18 Å². The average Bonchev–Trinajstić information content (AvgIpc) is 2.46. The summed E-state index contributed by atoms with van der Waals surface area (Å²) in [5, 5.41) is 0. The number of aryl methyl sites for hydroxylation is 1. The summed E-state index contributed by atoms with van der Waals surface area (Å²) < 4.78 is 41.9. The van der Waals surface area contributed by atoms with Crippen LogP contribution in [0, 0.1) is 0 Å². The molecule has 0 fully saturated rings. The maximum Gasteiger partial charge on any atom is 0.402 e. The first-order chi connectivity index (χ1) is 9.56. The van der Waals surface area contributed by atoms with E-state index in [1.54, 1.807) is 42.5 Å². The van der Waals surface area contributed by atoms with E-state index in [9.17, 15) is 13.2 Å². The Balaban J connectivity index is 2.29. The first-order valence-corrected chi connectivity index (χ1v) is 6.76. The molecule has 1 atom stereocenters. The summed E-state index contributed by atoms with van der Waals surface area (Å²) in [6.45, 7) is 0. The zero-order valence-electron chi connectivity index (χ0n) is 11.0. The lowest BCUT2D eigenvalue weighted by Crippen LogP contribution is -2.45. The molecule has 0 amide bonds. The van der Waals surface area contributed by atoms with Gasteiger partial charge in [0.2, 0.25) is 0 Å². The fraction of sp³-hybridized carbons (Fsp3) is 0.294. The summed E-state index contributed by atoms with van der Waals surface area (Å²) in [7, 11) is 0. The van der Waals surface area contributed by atoms with E-state index in [1.165, 1.54) is 0 Å². The Morgan fingerprint density at radius 2 is 1.50 bits per heavy atom. The topological polar surface area (TPSA) is 0 Å². The van der Waals surface area contributed by atoms with Gasteiger partial charge in [-0.1, -0.05) is 54.6 Å². The zero-order valence-corrected chi connectivity index (χ0v) is 11.0. The zero-order chi connectivity index (χ0) is 14.2. The lowest BCUT2D eigenvalue weighted by Gasteiger charge is -2.41. The van der Waals surface area contributed by atoms with Crippen molar-refractivity contribution in [2.75, 3.05) is 0 Å². The molecule has 0 nitrogen and oxygen atoms in total. The van der Waals surface area contributed by atoms with Crippen molar-refractivity contribution in [3.05, 3.63) is 71.3 Å². The van der Waals surface area contributed by atoms with Crippen molar-refractivity contribution in [2.45, 2.75) is 30.9 Å². The molecule has 1 aliphatic carbocycles. The van der Waals surface area contributed by atoms with Crippen LogP contribution in [0.25, 0.3) is 0 Å². The highest BCUT2D eigenvalue weighted by molar-refractivity contribution is 5.47. The number of fused-ring (bicyclic) bond motifs is 1. The molecule has 0 spiro atoms. The molecule has 0 bridgehead atoms. The molecule has 3 heteroatoms. The minimum atomic E-state index is -4.29. The van der Waals surface area contributed by atoms with E-state index >= 15 is 0 Å². The van der Waals surface area contributed by atoms with Gasteiger partial charge in [0.15, 0.2) is 0 Å². The van der Waals surface area contributed by atoms with E-state index in [-0.39, 0.29) is 6.42 Å². The van der Waals surface area contributed by atoms with Crippen LogP contribution in [0.1, 0.15) is 29.5 Å². The van der Waals surface area contributed by atoms with Crippen molar-refractivity contribution >= 4 is 0 Å². The number of hydrogen-bond donors (Lipinski definition) is 0. The number of benzene rings is 2. The molecule has 0 aliphatic heterocycles. The van der Waals surface area contributed by atoms with Gasteiger partial charge in [0.1, 0.15) is 5.41 Å². The number of alkyl halides is 3. The predicted molar refractivity (Wildman–Crippen MR) is 72.7 cm³/mol. The minimum Gasteiger partial charge on any atom is -0.170 e. The quantitative estimate of drug-likeness (QED) is 0.697. The molecule has 1 aliphatic rings. The van der Waals surface area contributed by atoms with Crippen molar-refractivity contribution < 1.29 is 13.2 Å². The highest BCUT2D eigenvalue weighted by Gasteiger charge is 2.58. The highest BCUT2D eigenvalue weighted by Crippen LogP contribution is 2.52. The van der Waals surface area contributed by atoms with Gasteiger partial charge in [-0.2, -0.15) is 13.2 Å². The third kappa shape index (κ3) is 1.84. The number of hydrogen-bond acceptors (Lipinski definition) is 0. The second-order valence-corrected chi connectivity index (χ2v) is 5.28. The van der Waals surface area contributed by atoms with Gasteiger partial charge >= 0.3 is 6.18 Å². The Morgan fingerprint density at radius 3 is 2.20 bits per heavy atom. The minimum absolute atomic E-state index is 0.123. The van der Waals surface area contributed by atoms with Gasteiger partial charge in [0, 0.05) is 0 Å². The maximum atomic E-state index is 14.0. The summed E-state index contributed by atoms with van der Waals surface area (Å²) in [5.41, 5.74) is -0.271. The Hall–Kier alpha value is -1.77. The fourth-order valence-electron chi connectivity index (χ4n) is 3.31. The Bertz CT molecular complexity index is 601. The normalized spacial score (nSPS) is 22.4. The van der Waals surface area contributed by atoms with Gasteiger partial charge in [-0.15, -0.1) is 0 Å². The average molecular weight is 276 g/mol. The van der Waals surface area contributed by atoms with Gasteiger partial charge in [0.25, 0.3) is 0 Å². The van der Waals surface area contributed by atoms with Gasteiger partial charge in [-0.05, 0) is 36.0 Å². The lowest BCUT2D eigenvalue weighted by molar-refractivity contribution is -0.182. The van der Waals surface area contributed by atoms with Crippen molar-refractivity contribution in [3.8, 4) is 0 Å². The van der Waals surface area contributed by atoms with Crippen LogP contribution in [0.15, 0.2) is 54.6 Å². The standard InChI is InChI=1S/C17H15F3/c18-17(19,20)16(14-9-2-1-3-10-14)12-6-8-13-7-4-5-11-15(13)16/h1-5,7,9-11H,6,8,12H2. The van der Waals surface area contributed by atoms with Crippen molar-refractivity contribution in [2.24, 2.45) is 0 Å². The lowest BCUT2D eigenvalue weighted by atomic mass is 9.65. The molecule has 1 unspecified atom stereocenters. The summed E-state index contributed by atoms with van der Waals surface area (Å²) >= 11 is 0. The third-order valence-electron chi connectivity index (χ3n) is 4.23. The van der Waals surface area contributed by atoms with Crippen LogP contribution in [0.3, 0.4) is 0 Å². The second kappa shape index (κ2) is 4.65. The molecular weight excluding hydrogens is 261 g/mol. The van der Waals surface area contributed by atoms with E-state index in [1.807, 2.05) is 12.1 Å². The fourth-order valence-corrected chi connectivity index (χ4v) is 3.31. The molecule has 104 valence electrons. The van der Waals surface area contributed by atoms with Crippen LogP contribution in [0.5, 0.6) is 0 Å². The summed E-state index contributed by atoms with van der Waals surface area (Å²) in [4.78, 5) is 0. The van der Waals surface area contributed by atoms with Crippen LogP contribution in [0.2, 0.25) is 0 Å². The third-order valence-corrected chi connectivity index (χ3v) is 4.23. The molecular formula is C17H15F3. The van der Waals surface area contributed by atoms with Crippen LogP contribution in [0.4, 0.5) is 13.2 Å². The summed E-state index contributed by atoms with van der Waals surface area (Å²) in [5.74, 6) is 0. The first kappa shape index (κ1) is 13.2. The molecule has 2 aromatic rings. The first-order valence-electron chi connectivity index (χ1n) is 6.76. The van der Waals surface area contributed by atoms with E-state index in [4.69, 9.17) is 0 Å². The monoisotopic (exact) mass is 276 g/mol. The maximum absolute atomic E-state index is 14.0. The second-order valence-electron chi connectivity index (χ2n) is 5.28. The van der Waals surface area contributed by atoms with Crippen LogP contribution >= 0.6 is 0 Å². The molecule has 2 aromatic carbocycles. The van der Waals surface area contributed by atoms with Crippen molar-refractivity contribution in [3.63, 3.8) is 0 Å². The SMILES string of the molecule is FC(F)(F)C1(c2ccccc2)CCCc2ccccc21. The van der Waals surface area contributed by atoms with Gasteiger partial charge in [0.05, 0.1) is 0 Å². The van der Waals surface area contributed by atoms with Gasteiger partial charge in [-0.25, -0.2) is 0 Å². The van der Waals surface area contributed by atoms with Crippen LogP contribution < -0.4 is 0 Å². The smallest absolute Gasteiger partial charge is 0.170 e. The Kier molecular flexibility index (Phi) is 3.08. The van der Waals surface area contributed by atoms with E-state index < -0.39 is 11.6 Å². The molecule has 0 saturated heterocycles. The van der Waals surface area contributed by atoms with E-state index in [0.29, 0.717) is 17.5 Å². The van der Waals surface area contributed by atoms with E-state index in [0.717, 1.165) is 12.0 Å². The highest BCUT2D eigenvalue weighted by atomic mass is 19.4. The largest absolute Gasteiger partial charge is 0.402 e. The molecule has 0 N–H and O–H groups in total. The van der Waals surface area contributed by atoms with Gasteiger partial charge in [-0.3, -0.25) is 0 Å². The molecule has 0 radical (unpaired) electrons. The Morgan fingerprint density at radius 1 is 0.850 bits per heavy atom. The van der Waals surface area contributed by atoms with Crippen molar-refractivity contribution in [1.29, 1.82) is 0 Å². The van der Waals surface area contributed by atoms with E-state index in [2.05, 4.69) is 0 Å². The Labute approximate surface area is 116 Å². The molecule has 0 aromatic heterocycles. The number of halogens is 3. The van der Waals surface area contributed by atoms with Crippen LogP contribution in [-0.2, 0) is 11.8 Å². The van der Waals surface area contributed by atoms with Crippen molar-refractivity contribution in [1.82, 2.24) is 0 Å². The predicted octanol–water partition coefficient (Wildman–Crippen LogP) is 4.87. The van der Waals surface area contributed by atoms with Gasteiger partial charge < -0.3 is 0 Å². The molecule has 3 rings (SSSR count). The summed E-state index contributed by atoms with van der Waals surface area (Å²) in [6.07, 6.45) is -2.88. The number of rotatable bonds is 1.